The molecule has 3 atom stereocenters. The summed E-state index contributed by atoms with van der Waals surface area (Å²) in [7, 11) is 0. The van der Waals surface area contributed by atoms with Gasteiger partial charge in [-0.15, -0.1) is 0 Å². The van der Waals surface area contributed by atoms with Gasteiger partial charge in [0.25, 0.3) is 0 Å². The molecule has 18 heavy (non-hydrogen) atoms. The Labute approximate surface area is 113 Å². The lowest BCUT2D eigenvalue weighted by Gasteiger charge is -2.43. The topological polar surface area (TPSA) is 49.4 Å². The Kier molecular flexibility index (Phi) is 4.54. The third-order valence-electron chi connectivity index (χ3n) is 3.77. The minimum absolute atomic E-state index is 0.00336. The third kappa shape index (κ3) is 2.66. The van der Waals surface area contributed by atoms with E-state index < -0.39 is 0 Å². The maximum atomic E-state index is 12.5. The number of hydrogen-bond acceptors (Lipinski definition) is 3. The van der Waals surface area contributed by atoms with Crippen LogP contribution in [0, 0.1) is 0 Å². The minimum Gasteiger partial charge on any atom is -0.343 e. The Morgan fingerprint density at radius 3 is 2.83 bits per heavy atom. The quantitative estimate of drug-likeness (QED) is 0.843. The number of amides is 2. The van der Waals surface area contributed by atoms with Crippen LogP contribution >= 0.6 is 11.8 Å². The molecule has 2 aliphatic heterocycles. The van der Waals surface area contributed by atoms with Gasteiger partial charge in [0.1, 0.15) is 12.1 Å². The lowest BCUT2D eigenvalue weighted by Crippen LogP contribution is -2.65. The highest BCUT2D eigenvalue weighted by Gasteiger charge is 2.41. The van der Waals surface area contributed by atoms with Crippen LogP contribution in [0.25, 0.3) is 0 Å². The van der Waals surface area contributed by atoms with Crippen molar-refractivity contribution in [1.82, 2.24) is 10.2 Å². The van der Waals surface area contributed by atoms with E-state index in [4.69, 9.17) is 0 Å². The molecule has 2 fully saturated rings. The Balaban J connectivity index is 2.13. The average molecular weight is 270 g/mol. The van der Waals surface area contributed by atoms with Crippen LogP contribution in [0.4, 0.5) is 0 Å². The highest BCUT2D eigenvalue weighted by molar-refractivity contribution is 7.99. The Morgan fingerprint density at radius 1 is 1.44 bits per heavy atom. The third-order valence-corrected chi connectivity index (χ3v) is 4.97. The van der Waals surface area contributed by atoms with E-state index in [0.717, 1.165) is 31.4 Å². The Morgan fingerprint density at radius 2 is 2.22 bits per heavy atom. The van der Waals surface area contributed by atoms with Gasteiger partial charge >= 0.3 is 0 Å². The van der Waals surface area contributed by atoms with Gasteiger partial charge in [0.2, 0.25) is 11.8 Å². The van der Waals surface area contributed by atoms with E-state index in [-0.39, 0.29) is 29.9 Å². The van der Waals surface area contributed by atoms with Gasteiger partial charge in [0, 0.05) is 11.8 Å². The van der Waals surface area contributed by atoms with Crippen molar-refractivity contribution >= 4 is 23.6 Å². The second-order valence-corrected chi connectivity index (χ2v) is 6.29. The summed E-state index contributed by atoms with van der Waals surface area (Å²) in [6, 6.07) is -0.364. The number of piperazine rings is 1. The zero-order chi connectivity index (χ0) is 13.1. The van der Waals surface area contributed by atoms with Gasteiger partial charge in [-0.25, -0.2) is 0 Å². The summed E-state index contributed by atoms with van der Waals surface area (Å²) >= 11 is 1.89. The number of carbonyl (C=O) groups excluding carboxylic acids is 2. The SMILES string of the molecule is CCCC1NC(=O)C(C)N(C2CCCSC2)C1=O. The largest absolute Gasteiger partial charge is 0.343 e. The summed E-state index contributed by atoms with van der Waals surface area (Å²) < 4.78 is 0. The smallest absolute Gasteiger partial charge is 0.246 e. The maximum absolute atomic E-state index is 12.5. The first-order valence-electron chi connectivity index (χ1n) is 6.85. The fraction of sp³-hybridized carbons (Fsp3) is 0.846. The van der Waals surface area contributed by atoms with E-state index in [2.05, 4.69) is 5.32 Å². The predicted octanol–water partition coefficient (Wildman–Crippen LogP) is 1.40. The first kappa shape index (κ1) is 13.7. The molecule has 2 rings (SSSR count). The summed E-state index contributed by atoms with van der Waals surface area (Å²) in [4.78, 5) is 26.3. The number of hydrogen-bond donors (Lipinski definition) is 1. The molecule has 0 saturated carbocycles. The Hall–Kier alpha value is -0.710. The summed E-state index contributed by atoms with van der Waals surface area (Å²) in [5.41, 5.74) is 0. The minimum atomic E-state index is -0.311. The number of rotatable bonds is 3. The van der Waals surface area contributed by atoms with Crippen molar-refractivity contribution in [2.24, 2.45) is 0 Å². The zero-order valence-corrected chi connectivity index (χ0v) is 12.0. The molecule has 0 aromatic rings. The van der Waals surface area contributed by atoms with E-state index in [1.54, 1.807) is 0 Å². The molecule has 0 aromatic heterocycles. The van der Waals surface area contributed by atoms with Crippen LogP contribution in [0.1, 0.15) is 39.5 Å². The van der Waals surface area contributed by atoms with Gasteiger partial charge in [0.15, 0.2) is 0 Å². The molecule has 1 N–H and O–H groups in total. The Bertz CT molecular complexity index is 329. The van der Waals surface area contributed by atoms with Gasteiger partial charge in [-0.1, -0.05) is 13.3 Å². The first-order chi connectivity index (χ1) is 8.65. The molecule has 2 aliphatic rings. The molecule has 3 unspecified atom stereocenters. The molecule has 2 saturated heterocycles. The lowest BCUT2D eigenvalue weighted by atomic mass is 10.0. The van der Waals surface area contributed by atoms with Gasteiger partial charge in [-0.3, -0.25) is 9.59 Å². The van der Waals surface area contributed by atoms with Crippen LogP contribution in [-0.4, -0.2) is 46.3 Å². The van der Waals surface area contributed by atoms with Crippen LogP contribution in [-0.2, 0) is 9.59 Å². The fourth-order valence-corrected chi connectivity index (χ4v) is 3.91. The van der Waals surface area contributed by atoms with E-state index >= 15 is 0 Å². The van der Waals surface area contributed by atoms with Crippen molar-refractivity contribution < 1.29 is 9.59 Å². The molecule has 2 amide bonds. The van der Waals surface area contributed by atoms with Crippen LogP contribution in [0.5, 0.6) is 0 Å². The van der Waals surface area contributed by atoms with Crippen LogP contribution < -0.4 is 5.32 Å². The highest BCUT2D eigenvalue weighted by Crippen LogP contribution is 2.26. The van der Waals surface area contributed by atoms with Crippen molar-refractivity contribution in [2.45, 2.75) is 57.7 Å². The van der Waals surface area contributed by atoms with Gasteiger partial charge < -0.3 is 10.2 Å². The van der Waals surface area contributed by atoms with Crippen molar-refractivity contribution in [3.63, 3.8) is 0 Å². The highest BCUT2D eigenvalue weighted by atomic mass is 32.2. The molecule has 0 aliphatic carbocycles. The van der Waals surface area contributed by atoms with Crippen LogP contribution in [0.2, 0.25) is 0 Å². The van der Waals surface area contributed by atoms with Crippen molar-refractivity contribution in [1.29, 1.82) is 0 Å². The average Bonchev–Trinajstić information content (AvgIpc) is 2.38. The molecule has 4 nitrogen and oxygen atoms in total. The molecular weight excluding hydrogens is 248 g/mol. The number of carbonyl (C=O) groups is 2. The van der Waals surface area contributed by atoms with Crippen molar-refractivity contribution in [3.8, 4) is 0 Å². The standard InChI is InChI=1S/C13H22N2O2S/c1-3-5-11-13(17)15(9(2)12(16)14-11)10-6-4-7-18-8-10/h9-11H,3-8H2,1-2H3,(H,14,16). The van der Waals surface area contributed by atoms with Gasteiger partial charge in [-0.2, -0.15) is 11.8 Å². The van der Waals surface area contributed by atoms with Gasteiger partial charge in [0.05, 0.1) is 0 Å². The molecule has 5 heteroatoms. The van der Waals surface area contributed by atoms with E-state index in [9.17, 15) is 9.59 Å². The summed E-state index contributed by atoms with van der Waals surface area (Å²) in [6.07, 6.45) is 3.84. The number of nitrogens with zero attached hydrogens (tertiary/aromatic N) is 1. The van der Waals surface area contributed by atoms with E-state index in [1.807, 2.05) is 30.5 Å². The summed E-state index contributed by atoms with van der Waals surface area (Å²) in [5, 5.41) is 2.85. The second kappa shape index (κ2) is 5.95. The van der Waals surface area contributed by atoms with Crippen LogP contribution in [0.15, 0.2) is 0 Å². The molecular formula is C13H22N2O2S. The normalized spacial score (nSPS) is 33.4. The second-order valence-electron chi connectivity index (χ2n) is 5.14. The first-order valence-corrected chi connectivity index (χ1v) is 8.01. The molecule has 102 valence electrons. The summed E-state index contributed by atoms with van der Waals surface area (Å²) in [5.74, 6) is 2.28. The van der Waals surface area contributed by atoms with Crippen LogP contribution in [0.3, 0.4) is 0 Å². The molecule has 0 bridgehead atoms. The number of thioether (sulfide) groups is 1. The van der Waals surface area contributed by atoms with E-state index in [1.165, 1.54) is 5.75 Å². The van der Waals surface area contributed by atoms with Gasteiger partial charge in [-0.05, 0) is 31.9 Å². The fourth-order valence-electron chi connectivity index (χ4n) is 2.77. The lowest BCUT2D eigenvalue weighted by molar-refractivity contribution is -0.151. The number of nitrogens with one attached hydrogen (secondary N) is 1. The summed E-state index contributed by atoms with van der Waals surface area (Å²) in [6.45, 7) is 3.88. The van der Waals surface area contributed by atoms with E-state index in [0.29, 0.717) is 0 Å². The molecule has 0 spiro atoms. The maximum Gasteiger partial charge on any atom is 0.246 e. The zero-order valence-electron chi connectivity index (χ0n) is 11.1. The molecule has 0 radical (unpaired) electrons. The molecule has 0 aromatic carbocycles. The molecule has 2 heterocycles. The van der Waals surface area contributed by atoms with Crippen molar-refractivity contribution in [2.75, 3.05) is 11.5 Å². The predicted molar refractivity (Wildman–Crippen MR) is 73.5 cm³/mol. The van der Waals surface area contributed by atoms with Crippen molar-refractivity contribution in [3.05, 3.63) is 0 Å². The monoisotopic (exact) mass is 270 g/mol.